The lowest BCUT2D eigenvalue weighted by Crippen LogP contribution is -2.41. The summed E-state index contributed by atoms with van der Waals surface area (Å²) in [7, 11) is 1.73. The van der Waals surface area contributed by atoms with Crippen LogP contribution in [0.2, 0.25) is 0 Å². The third-order valence-corrected chi connectivity index (χ3v) is 3.81. The maximum atomic E-state index is 5.44. The molecule has 116 valence electrons. The second kappa shape index (κ2) is 6.37. The van der Waals surface area contributed by atoms with Crippen LogP contribution < -0.4 is 21.5 Å². The molecule has 0 bridgehead atoms. The molecule has 9 heteroatoms. The van der Waals surface area contributed by atoms with Crippen molar-refractivity contribution in [2.45, 2.75) is 25.0 Å². The third kappa shape index (κ3) is 3.31. The van der Waals surface area contributed by atoms with Crippen LogP contribution in [-0.2, 0) is 9.47 Å². The lowest BCUT2D eigenvalue weighted by atomic mass is 9.89. The van der Waals surface area contributed by atoms with Crippen molar-refractivity contribution in [3.8, 4) is 0 Å². The second-order valence-electron chi connectivity index (χ2n) is 5.20. The second-order valence-corrected chi connectivity index (χ2v) is 5.20. The first-order valence-corrected chi connectivity index (χ1v) is 7.13. The van der Waals surface area contributed by atoms with Crippen molar-refractivity contribution in [1.82, 2.24) is 15.0 Å². The fourth-order valence-corrected chi connectivity index (χ4v) is 2.46. The summed E-state index contributed by atoms with van der Waals surface area (Å²) >= 11 is 0. The van der Waals surface area contributed by atoms with Crippen LogP contribution in [-0.4, -0.2) is 60.5 Å². The number of rotatable bonds is 5. The molecule has 0 radical (unpaired) electrons. The van der Waals surface area contributed by atoms with Gasteiger partial charge in [0.05, 0.1) is 19.3 Å². The van der Waals surface area contributed by atoms with Crippen LogP contribution in [0.25, 0.3) is 0 Å². The largest absolute Gasteiger partial charge is 0.381 e. The maximum absolute atomic E-state index is 5.44. The minimum atomic E-state index is 0.329. The predicted octanol–water partition coefficient (Wildman–Crippen LogP) is -0.417. The van der Waals surface area contributed by atoms with Crippen LogP contribution >= 0.6 is 0 Å². The molecule has 0 spiro atoms. The first kappa shape index (κ1) is 14.2. The van der Waals surface area contributed by atoms with E-state index in [4.69, 9.17) is 15.3 Å². The summed E-state index contributed by atoms with van der Waals surface area (Å²) in [5, 5.41) is 3.30. The highest BCUT2D eigenvalue weighted by Crippen LogP contribution is 2.26. The molecule has 21 heavy (non-hydrogen) atoms. The number of nitrogens with one attached hydrogen (secondary N) is 2. The normalized spacial score (nSPS) is 25.3. The quantitative estimate of drug-likeness (QED) is 0.493. The first-order valence-electron chi connectivity index (χ1n) is 7.13. The van der Waals surface area contributed by atoms with E-state index in [1.165, 1.54) is 0 Å². The molecule has 1 aliphatic heterocycles. The zero-order valence-electron chi connectivity index (χ0n) is 12.1. The van der Waals surface area contributed by atoms with E-state index in [1.807, 2.05) is 0 Å². The summed E-state index contributed by atoms with van der Waals surface area (Å²) in [4.78, 5) is 15.1. The van der Waals surface area contributed by atoms with E-state index >= 15 is 0 Å². The first-order chi connectivity index (χ1) is 10.3. The zero-order chi connectivity index (χ0) is 14.7. The van der Waals surface area contributed by atoms with E-state index in [0.29, 0.717) is 43.2 Å². The Morgan fingerprint density at radius 2 is 1.90 bits per heavy atom. The Morgan fingerprint density at radius 1 is 1.19 bits per heavy atom. The number of methoxy groups -OCH3 is 1. The highest BCUT2D eigenvalue weighted by Gasteiger charge is 2.29. The van der Waals surface area contributed by atoms with Crippen molar-refractivity contribution in [1.29, 1.82) is 0 Å². The SMILES string of the molecule is COC1CC(Nc2nc(NN)nc(N3CCOCC3)n2)C1. The minimum absolute atomic E-state index is 0.329. The smallest absolute Gasteiger partial charge is 0.243 e. The molecule has 0 aromatic carbocycles. The molecule has 4 N–H and O–H groups in total. The van der Waals surface area contributed by atoms with Crippen LogP contribution in [0.1, 0.15) is 12.8 Å². The Kier molecular flexibility index (Phi) is 4.32. The van der Waals surface area contributed by atoms with E-state index in [9.17, 15) is 0 Å². The predicted molar refractivity (Wildman–Crippen MR) is 78.1 cm³/mol. The van der Waals surface area contributed by atoms with Crippen molar-refractivity contribution >= 4 is 17.8 Å². The number of nitrogens with two attached hydrogens (primary N) is 1. The summed E-state index contributed by atoms with van der Waals surface area (Å²) in [6.45, 7) is 2.89. The molecule has 2 aliphatic rings. The monoisotopic (exact) mass is 295 g/mol. The third-order valence-electron chi connectivity index (χ3n) is 3.81. The Bertz CT molecular complexity index is 475. The summed E-state index contributed by atoms with van der Waals surface area (Å²) in [6, 6.07) is 0.334. The number of morpholine rings is 1. The molecule has 1 aliphatic carbocycles. The van der Waals surface area contributed by atoms with E-state index in [1.54, 1.807) is 7.11 Å². The maximum Gasteiger partial charge on any atom is 0.243 e. The molecule has 0 atom stereocenters. The Labute approximate surface area is 123 Å². The minimum Gasteiger partial charge on any atom is -0.381 e. The van der Waals surface area contributed by atoms with E-state index in [2.05, 4.69) is 30.6 Å². The number of anilines is 3. The van der Waals surface area contributed by atoms with Crippen LogP contribution in [0.4, 0.5) is 17.8 Å². The highest BCUT2D eigenvalue weighted by molar-refractivity contribution is 5.44. The van der Waals surface area contributed by atoms with Crippen molar-refractivity contribution in [2.75, 3.05) is 49.1 Å². The van der Waals surface area contributed by atoms with Gasteiger partial charge < -0.3 is 19.7 Å². The van der Waals surface area contributed by atoms with Gasteiger partial charge in [-0.2, -0.15) is 15.0 Å². The molecule has 0 amide bonds. The molecular weight excluding hydrogens is 274 g/mol. The molecule has 3 rings (SSSR count). The Morgan fingerprint density at radius 3 is 2.57 bits per heavy atom. The molecule has 1 aromatic rings. The lowest BCUT2D eigenvalue weighted by molar-refractivity contribution is 0.0327. The van der Waals surface area contributed by atoms with Gasteiger partial charge in [-0.3, -0.25) is 5.43 Å². The molecule has 1 saturated heterocycles. The van der Waals surface area contributed by atoms with Gasteiger partial charge in [-0.25, -0.2) is 5.84 Å². The molecular formula is C12H21N7O2. The summed E-state index contributed by atoms with van der Waals surface area (Å²) in [5.41, 5.74) is 2.49. The number of hydrogen-bond acceptors (Lipinski definition) is 9. The average Bonchev–Trinajstić information content (AvgIpc) is 2.51. The van der Waals surface area contributed by atoms with Crippen molar-refractivity contribution in [3.63, 3.8) is 0 Å². The van der Waals surface area contributed by atoms with Crippen LogP contribution in [0.15, 0.2) is 0 Å². The summed E-state index contributed by atoms with van der Waals surface area (Å²) < 4.78 is 10.6. The number of nitrogen functional groups attached to an aromatic ring is 1. The molecule has 0 unspecified atom stereocenters. The lowest BCUT2D eigenvalue weighted by Gasteiger charge is -2.34. The fraction of sp³-hybridized carbons (Fsp3) is 0.750. The van der Waals surface area contributed by atoms with E-state index in [-0.39, 0.29) is 0 Å². The summed E-state index contributed by atoms with van der Waals surface area (Å²) in [6.07, 6.45) is 2.25. The van der Waals surface area contributed by atoms with E-state index < -0.39 is 0 Å². The van der Waals surface area contributed by atoms with Gasteiger partial charge >= 0.3 is 0 Å². The number of nitrogens with zero attached hydrogens (tertiary/aromatic N) is 4. The van der Waals surface area contributed by atoms with Gasteiger partial charge in [0, 0.05) is 26.2 Å². The van der Waals surface area contributed by atoms with Crippen LogP contribution in [0.3, 0.4) is 0 Å². The van der Waals surface area contributed by atoms with Crippen molar-refractivity contribution in [2.24, 2.45) is 5.84 Å². The number of hydrazine groups is 1. The molecule has 9 nitrogen and oxygen atoms in total. The van der Waals surface area contributed by atoms with Gasteiger partial charge in [-0.1, -0.05) is 0 Å². The summed E-state index contributed by atoms with van der Waals surface area (Å²) in [5.74, 6) is 6.96. The fourth-order valence-electron chi connectivity index (χ4n) is 2.46. The van der Waals surface area contributed by atoms with Gasteiger partial charge in [0.15, 0.2) is 0 Å². The van der Waals surface area contributed by atoms with Gasteiger partial charge in [0.2, 0.25) is 17.8 Å². The molecule has 1 saturated carbocycles. The van der Waals surface area contributed by atoms with Gasteiger partial charge in [0.25, 0.3) is 0 Å². The van der Waals surface area contributed by atoms with Gasteiger partial charge in [0.1, 0.15) is 0 Å². The topological polar surface area (TPSA) is 110 Å². The van der Waals surface area contributed by atoms with Crippen molar-refractivity contribution in [3.05, 3.63) is 0 Å². The van der Waals surface area contributed by atoms with E-state index in [0.717, 1.165) is 25.9 Å². The zero-order valence-corrected chi connectivity index (χ0v) is 12.1. The number of hydrogen-bond donors (Lipinski definition) is 3. The van der Waals surface area contributed by atoms with Crippen molar-refractivity contribution < 1.29 is 9.47 Å². The molecule has 1 aromatic heterocycles. The van der Waals surface area contributed by atoms with Crippen LogP contribution in [0, 0.1) is 0 Å². The van der Waals surface area contributed by atoms with Gasteiger partial charge in [-0.15, -0.1) is 0 Å². The average molecular weight is 295 g/mol. The van der Waals surface area contributed by atoms with Gasteiger partial charge in [-0.05, 0) is 12.8 Å². The number of ether oxygens (including phenoxy) is 2. The van der Waals surface area contributed by atoms with Crippen LogP contribution in [0.5, 0.6) is 0 Å². The number of aromatic nitrogens is 3. The Hall–Kier alpha value is -1.71. The molecule has 2 fully saturated rings. The standard InChI is InChI=1S/C12H21N7O2/c1-20-9-6-8(7-9)14-10-15-11(18-13)17-12(16-10)19-2-4-21-5-3-19/h8-9H,2-7,13H2,1H3,(H2,14,15,16,17,18). The highest BCUT2D eigenvalue weighted by atomic mass is 16.5. The Balaban J connectivity index is 1.70. The molecule has 2 heterocycles.